The van der Waals surface area contributed by atoms with Gasteiger partial charge in [0.2, 0.25) is 0 Å². The van der Waals surface area contributed by atoms with Gasteiger partial charge in [0.15, 0.2) is 0 Å². The van der Waals surface area contributed by atoms with Gasteiger partial charge in [-0.3, -0.25) is 0 Å². The van der Waals surface area contributed by atoms with Crippen LogP contribution in [0.1, 0.15) is 33.6 Å². The third kappa shape index (κ3) is 7.48. The lowest BCUT2D eigenvalue weighted by atomic mass is 10.2. The Kier molecular flexibility index (Phi) is 6.36. The Morgan fingerprint density at radius 3 is 2.50 bits per heavy atom. The lowest BCUT2D eigenvalue weighted by Crippen LogP contribution is -2.35. The van der Waals surface area contributed by atoms with Gasteiger partial charge in [-0.1, -0.05) is 0 Å². The van der Waals surface area contributed by atoms with Gasteiger partial charge in [0.25, 0.3) is 0 Å². The number of rotatable bonds is 5. The van der Waals surface area contributed by atoms with E-state index in [2.05, 4.69) is 0 Å². The summed E-state index contributed by atoms with van der Waals surface area (Å²) < 4.78 is 5.18. The Morgan fingerprint density at radius 1 is 1.50 bits per heavy atom. The van der Waals surface area contributed by atoms with Crippen LogP contribution in [0.3, 0.4) is 0 Å². The van der Waals surface area contributed by atoms with Gasteiger partial charge in [0, 0.05) is 20.1 Å². The van der Waals surface area contributed by atoms with E-state index >= 15 is 0 Å². The van der Waals surface area contributed by atoms with E-state index in [1.165, 1.54) is 4.90 Å². The molecule has 0 aliphatic carbocycles. The summed E-state index contributed by atoms with van der Waals surface area (Å²) in [5.74, 6) is 0. The Hall–Kier alpha value is -0.810. The summed E-state index contributed by atoms with van der Waals surface area (Å²) in [4.78, 5) is 13.0. The van der Waals surface area contributed by atoms with E-state index in [1.54, 1.807) is 7.05 Å². The highest BCUT2D eigenvalue weighted by molar-refractivity contribution is 5.67. The number of hydrogen-bond donors (Lipinski definition) is 2. The SMILES string of the molecule is CN(CCCC(O)CN)C(=O)OC(C)(C)C. The van der Waals surface area contributed by atoms with Crippen LogP contribution in [0.5, 0.6) is 0 Å². The first-order valence-corrected chi connectivity index (χ1v) is 5.58. The van der Waals surface area contributed by atoms with Crippen LogP contribution in [0.25, 0.3) is 0 Å². The fraction of sp³-hybridized carbons (Fsp3) is 0.909. The second-order valence-electron chi connectivity index (χ2n) is 4.93. The Labute approximate surface area is 97.6 Å². The summed E-state index contributed by atoms with van der Waals surface area (Å²) in [6.07, 6.45) is 0.499. The smallest absolute Gasteiger partial charge is 0.410 e. The molecule has 96 valence electrons. The molecular formula is C11H24N2O3. The minimum Gasteiger partial charge on any atom is -0.444 e. The van der Waals surface area contributed by atoms with Gasteiger partial charge in [0.05, 0.1) is 6.10 Å². The molecule has 0 heterocycles. The highest BCUT2D eigenvalue weighted by atomic mass is 16.6. The van der Waals surface area contributed by atoms with Crippen molar-refractivity contribution < 1.29 is 14.6 Å². The molecular weight excluding hydrogens is 208 g/mol. The first kappa shape index (κ1) is 15.2. The molecule has 0 bridgehead atoms. The molecule has 0 saturated heterocycles. The van der Waals surface area contributed by atoms with Crippen LogP contribution in [-0.4, -0.2) is 47.9 Å². The summed E-state index contributed by atoms with van der Waals surface area (Å²) in [5, 5.41) is 9.24. The van der Waals surface area contributed by atoms with Crippen LogP contribution >= 0.6 is 0 Å². The Balaban J connectivity index is 3.80. The van der Waals surface area contributed by atoms with Crippen molar-refractivity contribution in [1.82, 2.24) is 4.90 Å². The first-order valence-electron chi connectivity index (χ1n) is 5.58. The summed E-state index contributed by atoms with van der Waals surface area (Å²) in [7, 11) is 1.68. The number of amides is 1. The highest BCUT2D eigenvalue weighted by Crippen LogP contribution is 2.09. The molecule has 3 N–H and O–H groups in total. The van der Waals surface area contributed by atoms with Crippen LogP contribution in [-0.2, 0) is 4.74 Å². The van der Waals surface area contributed by atoms with Crippen molar-refractivity contribution in [2.24, 2.45) is 5.73 Å². The van der Waals surface area contributed by atoms with Gasteiger partial charge in [-0.2, -0.15) is 0 Å². The second-order valence-corrected chi connectivity index (χ2v) is 4.93. The van der Waals surface area contributed by atoms with Crippen LogP contribution in [0, 0.1) is 0 Å². The quantitative estimate of drug-likeness (QED) is 0.740. The van der Waals surface area contributed by atoms with Gasteiger partial charge in [-0.05, 0) is 33.6 Å². The van der Waals surface area contributed by atoms with Crippen molar-refractivity contribution >= 4 is 6.09 Å². The van der Waals surface area contributed by atoms with Crippen LogP contribution in [0.15, 0.2) is 0 Å². The number of aliphatic hydroxyl groups excluding tert-OH is 1. The van der Waals surface area contributed by atoms with E-state index in [1.807, 2.05) is 20.8 Å². The van der Waals surface area contributed by atoms with E-state index in [0.29, 0.717) is 19.4 Å². The number of nitrogens with two attached hydrogens (primary N) is 1. The molecule has 5 heteroatoms. The topological polar surface area (TPSA) is 75.8 Å². The lowest BCUT2D eigenvalue weighted by Gasteiger charge is -2.24. The van der Waals surface area contributed by atoms with Crippen molar-refractivity contribution in [3.8, 4) is 0 Å². The maximum atomic E-state index is 11.5. The zero-order valence-corrected chi connectivity index (χ0v) is 10.7. The van der Waals surface area contributed by atoms with E-state index < -0.39 is 11.7 Å². The maximum absolute atomic E-state index is 11.5. The molecule has 0 aliphatic rings. The number of aliphatic hydroxyl groups is 1. The average Bonchev–Trinajstić information content (AvgIpc) is 2.14. The molecule has 0 aromatic heterocycles. The molecule has 0 aromatic rings. The molecule has 0 radical (unpaired) electrons. The Morgan fingerprint density at radius 2 is 2.06 bits per heavy atom. The zero-order valence-electron chi connectivity index (χ0n) is 10.7. The number of ether oxygens (including phenoxy) is 1. The monoisotopic (exact) mass is 232 g/mol. The van der Waals surface area contributed by atoms with Gasteiger partial charge in [-0.25, -0.2) is 4.79 Å². The van der Waals surface area contributed by atoms with Crippen LogP contribution in [0.2, 0.25) is 0 Å². The zero-order chi connectivity index (χ0) is 12.8. The van der Waals surface area contributed by atoms with E-state index in [-0.39, 0.29) is 12.6 Å². The largest absolute Gasteiger partial charge is 0.444 e. The highest BCUT2D eigenvalue weighted by Gasteiger charge is 2.19. The molecule has 0 saturated carbocycles. The lowest BCUT2D eigenvalue weighted by molar-refractivity contribution is 0.0289. The molecule has 0 rings (SSSR count). The first-order chi connectivity index (χ1) is 7.26. The molecule has 1 atom stereocenters. The number of nitrogens with zero attached hydrogens (tertiary/aromatic N) is 1. The summed E-state index contributed by atoms with van der Waals surface area (Å²) >= 11 is 0. The number of carbonyl (C=O) groups excluding carboxylic acids is 1. The van der Waals surface area contributed by atoms with E-state index in [0.717, 1.165) is 0 Å². The van der Waals surface area contributed by atoms with Crippen LogP contribution in [0.4, 0.5) is 4.79 Å². The number of hydrogen-bond acceptors (Lipinski definition) is 4. The van der Waals surface area contributed by atoms with Gasteiger partial charge < -0.3 is 20.5 Å². The van der Waals surface area contributed by atoms with Crippen molar-refractivity contribution in [2.75, 3.05) is 20.1 Å². The fourth-order valence-electron chi connectivity index (χ4n) is 1.11. The fourth-order valence-corrected chi connectivity index (χ4v) is 1.11. The molecule has 0 aromatic carbocycles. The predicted octanol–water partition coefficient (Wildman–Crippen LogP) is 0.953. The van der Waals surface area contributed by atoms with Gasteiger partial charge >= 0.3 is 6.09 Å². The molecule has 1 amide bonds. The van der Waals surface area contributed by atoms with Crippen LogP contribution < -0.4 is 5.73 Å². The predicted molar refractivity (Wildman–Crippen MR) is 63.2 cm³/mol. The average molecular weight is 232 g/mol. The standard InChI is InChI=1S/C11H24N2O3/c1-11(2,3)16-10(15)13(4)7-5-6-9(14)8-12/h9,14H,5-8,12H2,1-4H3. The van der Waals surface area contributed by atoms with Gasteiger partial charge in [0.1, 0.15) is 5.60 Å². The minimum atomic E-state index is -0.480. The molecule has 1 unspecified atom stereocenters. The molecule has 16 heavy (non-hydrogen) atoms. The van der Waals surface area contributed by atoms with Gasteiger partial charge in [-0.15, -0.1) is 0 Å². The van der Waals surface area contributed by atoms with Crippen molar-refractivity contribution in [2.45, 2.75) is 45.3 Å². The second kappa shape index (κ2) is 6.70. The Bertz CT molecular complexity index is 214. The summed E-state index contributed by atoms with van der Waals surface area (Å²) in [6.45, 7) is 6.31. The number of carbonyl (C=O) groups is 1. The molecule has 5 nitrogen and oxygen atoms in total. The minimum absolute atomic E-state index is 0.260. The normalized spacial score (nSPS) is 13.4. The summed E-state index contributed by atoms with van der Waals surface area (Å²) in [5.41, 5.74) is 4.81. The van der Waals surface area contributed by atoms with Crippen molar-refractivity contribution in [3.63, 3.8) is 0 Å². The summed E-state index contributed by atoms with van der Waals surface area (Å²) in [6, 6.07) is 0. The van der Waals surface area contributed by atoms with E-state index in [4.69, 9.17) is 10.5 Å². The molecule has 0 aliphatic heterocycles. The molecule has 0 spiro atoms. The van der Waals surface area contributed by atoms with E-state index in [9.17, 15) is 9.90 Å². The third-order valence-electron chi connectivity index (χ3n) is 2.01. The van der Waals surface area contributed by atoms with Crippen molar-refractivity contribution in [1.29, 1.82) is 0 Å². The third-order valence-corrected chi connectivity index (χ3v) is 2.01. The van der Waals surface area contributed by atoms with Crippen molar-refractivity contribution in [3.05, 3.63) is 0 Å². The molecule has 0 fully saturated rings. The maximum Gasteiger partial charge on any atom is 0.410 e.